The number of carbonyl (C=O) groups is 2. The van der Waals surface area contributed by atoms with Crippen LogP contribution in [0.25, 0.3) is 0 Å². The summed E-state index contributed by atoms with van der Waals surface area (Å²) in [5.41, 5.74) is 0. The van der Waals surface area contributed by atoms with Gasteiger partial charge in [0.2, 0.25) is 11.8 Å². The predicted molar refractivity (Wildman–Crippen MR) is 75.9 cm³/mol. The van der Waals surface area contributed by atoms with Crippen LogP contribution in [-0.2, 0) is 19.1 Å². The van der Waals surface area contributed by atoms with Gasteiger partial charge in [0, 0.05) is 32.8 Å². The van der Waals surface area contributed by atoms with Crippen molar-refractivity contribution in [2.75, 3.05) is 33.4 Å². The molecule has 0 bridgehead atoms. The topological polar surface area (TPSA) is 101 Å². The Balaban J connectivity index is 3.93. The zero-order valence-electron chi connectivity index (χ0n) is 12.4. The van der Waals surface area contributed by atoms with E-state index in [4.69, 9.17) is 14.9 Å². The molecule has 1 unspecified atom stereocenters. The summed E-state index contributed by atoms with van der Waals surface area (Å²) in [5.74, 6) is -1.36. The van der Waals surface area contributed by atoms with Gasteiger partial charge in [-0.05, 0) is 13.8 Å². The first-order valence-corrected chi connectivity index (χ1v) is 6.66. The molecule has 0 saturated carbocycles. The van der Waals surface area contributed by atoms with Gasteiger partial charge in [-0.3, -0.25) is 9.59 Å². The molecular formula is C13H25N3O4. The summed E-state index contributed by atoms with van der Waals surface area (Å²) in [4.78, 5) is 23.3. The second-order valence-corrected chi connectivity index (χ2v) is 4.53. The van der Waals surface area contributed by atoms with Crippen LogP contribution in [0.3, 0.4) is 0 Å². The minimum atomic E-state index is -0.752. The van der Waals surface area contributed by atoms with E-state index in [1.807, 2.05) is 13.8 Å². The van der Waals surface area contributed by atoms with Crippen LogP contribution in [0.5, 0.6) is 0 Å². The van der Waals surface area contributed by atoms with Crippen molar-refractivity contribution >= 4 is 18.0 Å². The van der Waals surface area contributed by atoms with Gasteiger partial charge < -0.3 is 25.5 Å². The molecule has 0 rings (SSSR count). The van der Waals surface area contributed by atoms with Gasteiger partial charge in [0.15, 0.2) is 0 Å². The molecule has 0 aromatic heterocycles. The Morgan fingerprint density at radius 1 is 1.20 bits per heavy atom. The number of methoxy groups -OCH3 is 1. The molecule has 0 aromatic rings. The predicted octanol–water partition coefficient (Wildman–Crippen LogP) is -0.0539. The Kier molecular flexibility index (Phi) is 10.5. The fourth-order valence-electron chi connectivity index (χ4n) is 1.39. The minimum absolute atomic E-state index is 0.0377. The third kappa shape index (κ3) is 9.46. The third-order valence-corrected chi connectivity index (χ3v) is 2.42. The number of rotatable bonds is 11. The fourth-order valence-corrected chi connectivity index (χ4v) is 1.39. The Labute approximate surface area is 119 Å². The number of amides is 2. The Bertz CT molecular complexity index is 308. The van der Waals surface area contributed by atoms with Crippen molar-refractivity contribution in [3.63, 3.8) is 0 Å². The summed E-state index contributed by atoms with van der Waals surface area (Å²) in [7, 11) is 1.53. The van der Waals surface area contributed by atoms with Crippen LogP contribution < -0.4 is 10.6 Å². The summed E-state index contributed by atoms with van der Waals surface area (Å²) in [6, 6.07) is 0. The van der Waals surface area contributed by atoms with Crippen LogP contribution in [-0.4, -0.2) is 57.5 Å². The molecule has 0 aliphatic heterocycles. The first-order chi connectivity index (χ1) is 9.51. The molecule has 0 spiro atoms. The second kappa shape index (κ2) is 11.4. The van der Waals surface area contributed by atoms with Gasteiger partial charge in [-0.15, -0.1) is 0 Å². The maximum atomic E-state index is 11.7. The van der Waals surface area contributed by atoms with Crippen LogP contribution >= 0.6 is 0 Å². The van der Waals surface area contributed by atoms with E-state index in [0.29, 0.717) is 26.3 Å². The van der Waals surface area contributed by atoms with E-state index >= 15 is 0 Å². The minimum Gasteiger partial charge on any atom is -0.383 e. The number of hydrogen-bond donors (Lipinski definition) is 3. The summed E-state index contributed by atoms with van der Waals surface area (Å²) < 4.78 is 10.1. The Morgan fingerprint density at radius 3 is 2.40 bits per heavy atom. The highest BCUT2D eigenvalue weighted by Crippen LogP contribution is 2.00. The number of carbonyl (C=O) groups excluding carboxylic acids is 2. The van der Waals surface area contributed by atoms with E-state index in [1.165, 1.54) is 7.11 Å². The quantitative estimate of drug-likeness (QED) is 0.366. The lowest BCUT2D eigenvalue weighted by molar-refractivity contribution is -0.128. The molecule has 3 N–H and O–H groups in total. The summed E-state index contributed by atoms with van der Waals surface area (Å²) in [6.07, 6.45) is 1.06. The van der Waals surface area contributed by atoms with Crippen LogP contribution in [0, 0.1) is 11.3 Å². The zero-order chi connectivity index (χ0) is 15.4. The Hall–Kier alpha value is -1.47. The van der Waals surface area contributed by atoms with E-state index in [0.717, 1.165) is 6.21 Å². The zero-order valence-corrected chi connectivity index (χ0v) is 12.4. The smallest absolute Gasteiger partial charge is 0.229 e. The molecule has 0 radical (unpaired) electrons. The second-order valence-electron chi connectivity index (χ2n) is 4.53. The van der Waals surface area contributed by atoms with Gasteiger partial charge in [-0.1, -0.05) is 0 Å². The number of nitrogens with one attached hydrogen (secondary N) is 3. The molecule has 1 atom stereocenters. The maximum absolute atomic E-state index is 11.7. The monoisotopic (exact) mass is 287 g/mol. The van der Waals surface area contributed by atoms with Crippen LogP contribution in [0.2, 0.25) is 0 Å². The summed E-state index contributed by atoms with van der Waals surface area (Å²) >= 11 is 0. The van der Waals surface area contributed by atoms with E-state index in [9.17, 15) is 9.59 Å². The molecule has 0 fully saturated rings. The van der Waals surface area contributed by atoms with Crippen molar-refractivity contribution in [3.8, 4) is 0 Å². The van der Waals surface area contributed by atoms with Gasteiger partial charge in [-0.25, -0.2) is 0 Å². The summed E-state index contributed by atoms with van der Waals surface area (Å²) in [5, 5.41) is 12.5. The number of ether oxygens (including phenoxy) is 2. The Morgan fingerprint density at radius 2 is 1.85 bits per heavy atom. The largest absolute Gasteiger partial charge is 0.383 e. The first kappa shape index (κ1) is 18.5. The normalized spacial score (nSPS) is 12.0. The third-order valence-electron chi connectivity index (χ3n) is 2.42. The lowest BCUT2D eigenvalue weighted by Crippen LogP contribution is -2.37. The molecule has 2 amide bonds. The highest BCUT2D eigenvalue weighted by Gasteiger charge is 2.19. The van der Waals surface area contributed by atoms with Gasteiger partial charge in [0.25, 0.3) is 0 Å². The highest BCUT2D eigenvalue weighted by atomic mass is 16.5. The lowest BCUT2D eigenvalue weighted by atomic mass is 10.1. The van der Waals surface area contributed by atoms with Gasteiger partial charge >= 0.3 is 0 Å². The van der Waals surface area contributed by atoms with Crippen LogP contribution in [0.1, 0.15) is 20.3 Å². The van der Waals surface area contributed by atoms with Crippen molar-refractivity contribution in [1.82, 2.24) is 10.6 Å². The maximum Gasteiger partial charge on any atom is 0.229 e. The fraction of sp³-hybridized carbons (Fsp3) is 0.769. The molecular weight excluding hydrogens is 262 g/mol. The molecule has 0 heterocycles. The highest BCUT2D eigenvalue weighted by molar-refractivity contribution is 5.96. The summed E-state index contributed by atoms with van der Waals surface area (Å²) in [6.45, 7) is 5.42. The van der Waals surface area contributed by atoms with E-state index in [2.05, 4.69) is 10.6 Å². The first-order valence-electron chi connectivity index (χ1n) is 6.66. The van der Waals surface area contributed by atoms with Crippen molar-refractivity contribution in [2.24, 2.45) is 5.92 Å². The van der Waals surface area contributed by atoms with Crippen molar-refractivity contribution in [1.29, 1.82) is 5.41 Å². The molecule has 20 heavy (non-hydrogen) atoms. The number of hydrogen-bond acceptors (Lipinski definition) is 5. The van der Waals surface area contributed by atoms with Crippen LogP contribution in [0.15, 0.2) is 0 Å². The average Bonchev–Trinajstić information content (AvgIpc) is 2.40. The molecule has 7 nitrogen and oxygen atoms in total. The lowest BCUT2D eigenvalue weighted by Gasteiger charge is -2.13. The van der Waals surface area contributed by atoms with Crippen molar-refractivity contribution in [2.45, 2.75) is 26.4 Å². The van der Waals surface area contributed by atoms with E-state index in [1.54, 1.807) is 0 Å². The van der Waals surface area contributed by atoms with Crippen LogP contribution in [0.4, 0.5) is 0 Å². The molecule has 0 aliphatic carbocycles. The molecule has 0 aliphatic rings. The van der Waals surface area contributed by atoms with E-state index < -0.39 is 5.92 Å². The van der Waals surface area contributed by atoms with E-state index in [-0.39, 0.29) is 24.3 Å². The van der Waals surface area contributed by atoms with Gasteiger partial charge in [0.1, 0.15) is 0 Å². The van der Waals surface area contributed by atoms with Gasteiger partial charge in [0.05, 0.1) is 25.2 Å². The van der Waals surface area contributed by atoms with Gasteiger partial charge in [-0.2, -0.15) is 0 Å². The standard InChI is InChI=1S/C13H25N3O4/c1-10(2)20-7-5-15-12(17)8-11(9-14)13(18)16-4-6-19-3/h9-11,14H,4-8H2,1-3H3,(H,15,17)(H,16,18). The molecule has 116 valence electrons. The SMILES string of the molecule is COCCNC(=O)C(C=N)CC(=O)NCCOC(C)C. The molecule has 7 heteroatoms. The molecule has 0 saturated heterocycles. The van der Waals surface area contributed by atoms with Crippen molar-refractivity contribution in [3.05, 3.63) is 0 Å². The van der Waals surface area contributed by atoms with Crippen molar-refractivity contribution < 1.29 is 19.1 Å². The molecule has 0 aromatic carbocycles. The average molecular weight is 287 g/mol.